The molecule has 106 valence electrons. The number of ether oxygens (including phenoxy) is 1. The molecule has 0 aromatic carbocycles. The zero-order valence-corrected chi connectivity index (χ0v) is 11.6. The van der Waals surface area contributed by atoms with Crippen molar-refractivity contribution >= 4 is 6.01 Å². The van der Waals surface area contributed by atoms with Crippen LogP contribution in [0.5, 0.6) is 0 Å². The minimum Gasteiger partial charge on any atom is -0.407 e. The average Bonchev–Trinajstić information content (AvgIpc) is 3.14. The van der Waals surface area contributed by atoms with Gasteiger partial charge in [0.05, 0.1) is 12.6 Å². The zero-order valence-electron chi connectivity index (χ0n) is 11.6. The normalized spacial score (nSPS) is 27.8. The highest BCUT2D eigenvalue weighted by Gasteiger charge is 2.29. The average molecular weight is 266 g/mol. The summed E-state index contributed by atoms with van der Waals surface area (Å²) in [4.78, 5) is 2.13. The number of hydrogen-bond donors (Lipinski definition) is 1. The highest BCUT2D eigenvalue weighted by molar-refractivity contribution is 5.25. The van der Waals surface area contributed by atoms with E-state index in [9.17, 15) is 0 Å². The van der Waals surface area contributed by atoms with Gasteiger partial charge in [0.2, 0.25) is 5.89 Å². The number of nitrogens with one attached hydrogen (secondary N) is 1. The van der Waals surface area contributed by atoms with E-state index >= 15 is 0 Å². The summed E-state index contributed by atoms with van der Waals surface area (Å²) in [5, 5.41) is 11.6. The third-order valence-electron chi connectivity index (χ3n) is 4.04. The first-order chi connectivity index (χ1) is 9.26. The summed E-state index contributed by atoms with van der Waals surface area (Å²) >= 11 is 0. The molecule has 1 aliphatic carbocycles. The van der Waals surface area contributed by atoms with Crippen molar-refractivity contribution in [3.05, 3.63) is 5.89 Å². The number of methoxy groups -OCH3 is 1. The van der Waals surface area contributed by atoms with E-state index in [2.05, 4.69) is 27.3 Å². The molecule has 1 aromatic rings. The van der Waals surface area contributed by atoms with E-state index in [-0.39, 0.29) is 6.10 Å². The fourth-order valence-corrected chi connectivity index (χ4v) is 2.48. The Hall–Kier alpha value is -1.14. The Bertz CT molecular complexity index is 419. The Morgan fingerprint density at radius 2 is 2.21 bits per heavy atom. The largest absolute Gasteiger partial charge is 0.407 e. The van der Waals surface area contributed by atoms with E-state index in [1.54, 1.807) is 7.11 Å². The second-order valence-corrected chi connectivity index (χ2v) is 5.62. The molecule has 19 heavy (non-hydrogen) atoms. The molecule has 1 saturated heterocycles. The van der Waals surface area contributed by atoms with Gasteiger partial charge in [0.15, 0.2) is 0 Å². The maximum Gasteiger partial charge on any atom is 0.318 e. The second kappa shape index (κ2) is 5.46. The molecule has 0 spiro atoms. The van der Waals surface area contributed by atoms with E-state index < -0.39 is 0 Å². The summed E-state index contributed by atoms with van der Waals surface area (Å²) in [5.74, 6) is 1.26. The predicted octanol–water partition coefficient (Wildman–Crippen LogP) is 1.18. The second-order valence-electron chi connectivity index (χ2n) is 5.62. The van der Waals surface area contributed by atoms with Crippen molar-refractivity contribution in [1.29, 1.82) is 0 Å². The molecule has 2 heterocycles. The zero-order chi connectivity index (χ0) is 13.2. The molecule has 0 radical (unpaired) electrons. The van der Waals surface area contributed by atoms with Crippen LogP contribution in [-0.4, -0.2) is 42.5 Å². The monoisotopic (exact) mass is 266 g/mol. The van der Waals surface area contributed by atoms with Gasteiger partial charge in [0.1, 0.15) is 0 Å². The molecule has 2 aliphatic rings. The third kappa shape index (κ3) is 3.06. The minimum absolute atomic E-state index is 0.244. The highest BCUT2D eigenvalue weighted by Crippen LogP contribution is 2.24. The molecule has 2 fully saturated rings. The number of hydrogen-bond acceptors (Lipinski definition) is 6. The molecule has 2 atom stereocenters. The van der Waals surface area contributed by atoms with E-state index in [0.29, 0.717) is 30.4 Å². The van der Waals surface area contributed by atoms with Gasteiger partial charge in [0, 0.05) is 26.2 Å². The van der Waals surface area contributed by atoms with Crippen molar-refractivity contribution < 1.29 is 9.15 Å². The van der Waals surface area contributed by atoms with E-state index in [1.807, 2.05) is 0 Å². The number of piperidine rings is 1. The molecular formula is C13H22N4O2. The molecule has 0 bridgehead atoms. The summed E-state index contributed by atoms with van der Waals surface area (Å²) < 4.78 is 11.2. The van der Waals surface area contributed by atoms with Gasteiger partial charge in [-0.1, -0.05) is 12.0 Å². The van der Waals surface area contributed by atoms with Crippen LogP contribution in [0.15, 0.2) is 4.42 Å². The van der Waals surface area contributed by atoms with E-state index in [4.69, 9.17) is 9.15 Å². The lowest BCUT2D eigenvalue weighted by molar-refractivity contribution is 0.0485. The summed E-state index contributed by atoms with van der Waals surface area (Å²) in [6.45, 7) is 4.69. The number of aromatic nitrogens is 2. The molecule has 1 aromatic heterocycles. The van der Waals surface area contributed by atoms with Crippen LogP contribution in [0.25, 0.3) is 0 Å². The van der Waals surface area contributed by atoms with Crippen LogP contribution in [0.3, 0.4) is 0 Å². The first-order valence-electron chi connectivity index (χ1n) is 7.09. The smallest absolute Gasteiger partial charge is 0.318 e. The van der Waals surface area contributed by atoms with Crippen LogP contribution >= 0.6 is 0 Å². The van der Waals surface area contributed by atoms with Crippen LogP contribution in [0.4, 0.5) is 6.01 Å². The van der Waals surface area contributed by atoms with Gasteiger partial charge < -0.3 is 19.4 Å². The van der Waals surface area contributed by atoms with Gasteiger partial charge >= 0.3 is 6.01 Å². The van der Waals surface area contributed by atoms with Crippen LogP contribution in [0.1, 0.15) is 32.1 Å². The van der Waals surface area contributed by atoms with Crippen molar-refractivity contribution in [3.63, 3.8) is 0 Å². The maximum atomic E-state index is 5.72. The maximum absolute atomic E-state index is 5.72. The molecule has 1 saturated carbocycles. The molecular weight excluding hydrogens is 244 g/mol. The third-order valence-corrected chi connectivity index (χ3v) is 4.04. The van der Waals surface area contributed by atoms with Crippen molar-refractivity contribution in [2.24, 2.45) is 5.92 Å². The number of rotatable bonds is 5. The summed E-state index contributed by atoms with van der Waals surface area (Å²) in [5.41, 5.74) is 0. The molecule has 1 N–H and O–H groups in total. The Balaban J connectivity index is 1.58. The molecule has 6 nitrogen and oxygen atoms in total. The fraction of sp³-hybridized carbons (Fsp3) is 0.846. The van der Waals surface area contributed by atoms with Crippen molar-refractivity contribution in [2.45, 2.75) is 44.9 Å². The molecule has 0 amide bonds. The van der Waals surface area contributed by atoms with Crippen molar-refractivity contribution in [3.8, 4) is 0 Å². The van der Waals surface area contributed by atoms with Gasteiger partial charge in [-0.05, 0) is 25.2 Å². The Kier molecular flexibility index (Phi) is 3.70. The van der Waals surface area contributed by atoms with Crippen LogP contribution in [0.2, 0.25) is 0 Å². The van der Waals surface area contributed by atoms with Gasteiger partial charge in [0.25, 0.3) is 0 Å². The predicted molar refractivity (Wildman–Crippen MR) is 71.0 cm³/mol. The van der Waals surface area contributed by atoms with Gasteiger partial charge in [-0.15, -0.1) is 5.10 Å². The quantitative estimate of drug-likeness (QED) is 0.863. The topological polar surface area (TPSA) is 63.4 Å². The lowest BCUT2D eigenvalue weighted by Crippen LogP contribution is -2.44. The highest BCUT2D eigenvalue weighted by atomic mass is 16.5. The first kappa shape index (κ1) is 12.9. The van der Waals surface area contributed by atoms with Crippen LogP contribution in [0, 0.1) is 5.92 Å². The van der Waals surface area contributed by atoms with Crippen LogP contribution < -0.4 is 10.2 Å². The van der Waals surface area contributed by atoms with Gasteiger partial charge in [-0.25, -0.2) is 0 Å². The summed E-state index contributed by atoms with van der Waals surface area (Å²) in [6, 6.07) is 1.28. The molecule has 6 heteroatoms. The fourth-order valence-electron chi connectivity index (χ4n) is 2.48. The minimum atomic E-state index is 0.244. The van der Waals surface area contributed by atoms with Gasteiger partial charge in [-0.3, -0.25) is 0 Å². The first-order valence-corrected chi connectivity index (χ1v) is 7.09. The van der Waals surface area contributed by atoms with Crippen molar-refractivity contribution in [1.82, 2.24) is 15.5 Å². The molecule has 3 rings (SSSR count). The number of nitrogens with zero attached hydrogens (tertiary/aromatic N) is 3. The standard InChI is InChI=1S/C13H22N4O2/c1-9-5-6-17(8-11(9)18-2)13-16-15-12(19-13)7-14-10-3-4-10/h9-11,14H,3-8H2,1-2H3. The Morgan fingerprint density at radius 1 is 1.37 bits per heavy atom. The molecule has 1 aliphatic heterocycles. The van der Waals surface area contributed by atoms with Gasteiger partial charge in [-0.2, -0.15) is 0 Å². The molecule has 2 unspecified atom stereocenters. The lowest BCUT2D eigenvalue weighted by atomic mass is 9.96. The van der Waals surface area contributed by atoms with E-state index in [1.165, 1.54) is 12.8 Å². The van der Waals surface area contributed by atoms with Crippen molar-refractivity contribution in [2.75, 3.05) is 25.1 Å². The van der Waals surface area contributed by atoms with Crippen LogP contribution in [-0.2, 0) is 11.3 Å². The summed E-state index contributed by atoms with van der Waals surface area (Å²) in [7, 11) is 1.77. The Labute approximate surface area is 113 Å². The SMILES string of the molecule is COC1CN(c2nnc(CNC3CC3)o2)CCC1C. The Morgan fingerprint density at radius 3 is 2.95 bits per heavy atom. The lowest BCUT2D eigenvalue weighted by Gasteiger charge is -2.34. The summed E-state index contributed by atoms with van der Waals surface area (Å²) in [6.07, 6.45) is 3.87. The van der Waals surface area contributed by atoms with E-state index in [0.717, 1.165) is 19.5 Å². The number of anilines is 1.